The molecule has 0 aliphatic carbocycles. The summed E-state index contributed by atoms with van der Waals surface area (Å²) in [6.07, 6.45) is 1.56. The summed E-state index contributed by atoms with van der Waals surface area (Å²) in [7, 11) is 0. The van der Waals surface area contributed by atoms with Crippen LogP contribution in [-0.4, -0.2) is 35.7 Å². The topological polar surface area (TPSA) is 78.5 Å². The predicted molar refractivity (Wildman–Crippen MR) is 104 cm³/mol. The SMILES string of the molecule is CC(=O)Nc1ccc(C(=O)N2CCCC(C(=O)Nc3ccccc3)C2)cc1. The normalized spacial score (nSPS) is 16.5. The van der Waals surface area contributed by atoms with E-state index in [4.69, 9.17) is 0 Å². The van der Waals surface area contributed by atoms with Gasteiger partial charge in [-0.2, -0.15) is 0 Å². The van der Waals surface area contributed by atoms with Gasteiger partial charge in [-0.05, 0) is 49.2 Å². The summed E-state index contributed by atoms with van der Waals surface area (Å²) in [4.78, 5) is 38.1. The number of likely N-dealkylation sites (tertiary alicyclic amines) is 1. The molecule has 2 aromatic carbocycles. The van der Waals surface area contributed by atoms with Crippen molar-refractivity contribution in [1.82, 2.24) is 4.90 Å². The molecule has 1 atom stereocenters. The molecule has 140 valence electrons. The third kappa shape index (κ3) is 4.94. The molecule has 3 amide bonds. The van der Waals surface area contributed by atoms with Crippen molar-refractivity contribution < 1.29 is 14.4 Å². The lowest BCUT2D eigenvalue weighted by Crippen LogP contribution is -2.43. The van der Waals surface area contributed by atoms with Gasteiger partial charge >= 0.3 is 0 Å². The summed E-state index contributed by atoms with van der Waals surface area (Å²) in [5.41, 5.74) is 1.96. The van der Waals surface area contributed by atoms with E-state index in [1.54, 1.807) is 29.2 Å². The van der Waals surface area contributed by atoms with E-state index < -0.39 is 0 Å². The van der Waals surface area contributed by atoms with Crippen LogP contribution in [-0.2, 0) is 9.59 Å². The van der Waals surface area contributed by atoms with E-state index in [1.165, 1.54) is 6.92 Å². The predicted octanol–water partition coefficient (Wildman–Crippen LogP) is 3.14. The van der Waals surface area contributed by atoms with Crippen molar-refractivity contribution in [2.45, 2.75) is 19.8 Å². The number of hydrogen-bond donors (Lipinski definition) is 2. The maximum absolute atomic E-state index is 12.8. The van der Waals surface area contributed by atoms with Crippen LogP contribution in [0.2, 0.25) is 0 Å². The number of hydrogen-bond acceptors (Lipinski definition) is 3. The molecule has 0 bridgehead atoms. The van der Waals surface area contributed by atoms with Gasteiger partial charge < -0.3 is 15.5 Å². The van der Waals surface area contributed by atoms with E-state index in [2.05, 4.69) is 10.6 Å². The number of para-hydroxylation sites is 1. The Hall–Kier alpha value is -3.15. The maximum atomic E-state index is 12.8. The number of anilines is 2. The van der Waals surface area contributed by atoms with Gasteiger partial charge in [-0.3, -0.25) is 14.4 Å². The smallest absolute Gasteiger partial charge is 0.253 e. The summed E-state index contributed by atoms with van der Waals surface area (Å²) in [6.45, 7) is 2.49. The lowest BCUT2D eigenvalue weighted by atomic mass is 9.96. The van der Waals surface area contributed by atoms with Crippen LogP contribution in [0.1, 0.15) is 30.1 Å². The first-order valence-electron chi connectivity index (χ1n) is 9.06. The molecule has 1 unspecified atom stereocenters. The average molecular weight is 365 g/mol. The van der Waals surface area contributed by atoms with Crippen LogP contribution in [0.5, 0.6) is 0 Å². The fourth-order valence-corrected chi connectivity index (χ4v) is 3.22. The lowest BCUT2D eigenvalue weighted by molar-refractivity contribution is -0.121. The van der Waals surface area contributed by atoms with E-state index in [0.29, 0.717) is 24.3 Å². The molecule has 6 nitrogen and oxygen atoms in total. The Kier molecular flexibility index (Phi) is 5.86. The van der Waals surface area contributed by atoms with E-state index >= 15 is 0 Å². The van der Waals surface area contributed by atoms with Crippen molar-refractivity contribution >= 4 is 29.1 Å². The van der Waals surface area contributed by atoms with Gasteiger partial charge in [-0.25, -0.2) is 0 Å². The quantitative estimate of drug-likeness (QED) is 0.874. The van der Waals surface area contributed by atoms with Crippen molar-refractivity contribution in [3.8, 4) is 0 Å². The Bertz CT molecular complexity index is 818. The monoisotopic (exact) mass is 365 g/mol. The molecule has 1 heterocycles. The Morgan fingerprint density at radius 3 is 2.26 bits per heavy atom. The van der Waals surface area contributed by atoms with Crippen LogP contribution in [0.25, 0.3) is 0 Å². The number of carbonyl (C=O) groups is 3. The minimum Gasteiger partial charge on any atom is -0.338 e. The van der Waals surface area contributed by atoms with Crippen LogP contribution < -0.4 is 10.6 Å². The molecule has 6 heteroatoms. The molecule has 2 aromatic rings. The average Bonchev–Trinajstić information content (AvgIpc) is 2.68. The summed E-state index contributed by atoms with van der Waals surface area (Å²) < 4.78 is 0. The molecule has 1 saturated heterocycles. The Morgan fingerprint density at radius 1 is 0.926 bits per heavy atom. The Morgan fingerprint density at radius 2 is 1.59 bits per heavy atom. The van der Waals surface area contributed by atoms with Crippen LogP contribution in [0, 0.1) is 5.92 Å². The number of carbonyl (C=O) groups excluding carboxylic acids is 3. The Balaban J connectivity index is 1.62. The number of nitrogens with zero attached hydrogens (tertiary/aromatic N) is 1. The van der Waals surface area contributed by atoms with Crippen molar-refractivity contribution in [3.63, 3.8) is 0 Å². The maximum Gasteiger partial charge on any atom is 0.253 e. The van der Waals surface area contributed by atoms with Crippen molar-refractivity contribution in [1.29, 1.82) is 0 Å². The highest BCUT2D eigenvalue weighted by Gasteiger charge is 2.29. The highest BCUT2D eigenvalue weighted by Crippen LogP contribution is 2.21. The van der Waals surface area contributed by atoms with Gasteiger partial charge in [0.15, 0.2) is 0 Å². The molecular weight excluding hydrogens is 342 g/mol. The minimum atomic E-state index is -0.221. The number of rotatable bonds is 4. The van der Waals surface area contributed by atoms with Crippen molar-refractivity contribution in [2.24, 2.45) is 5.92 Å². The van der Waals surface area contributed by atoms with E-state index in [-0.39, 0.29) is 23.6 Å². The minimum absolute atomic E-state index is 0.0558. The van der Waals surface area contributed by atoms with Gasteiger partial charge in [0, 0.05) is 37.0 Å². The van der Waals surface area contributed by atoms with Crippen molar-refractivity contribution in [2.75, 3.05) is 23.7 Å². The number of benzene rings is 2. The van der Waals surface area contributed by atoms with Crippen LogP contribution in [0.3, 0.4) is 0 Å². The molecule has 3 rings (SSSR count). The molecule has 0 saturated carbocycles. The summed E-state index contributed by atoms with van der Waals surface area (Å²) in [6, 6.07) is 16.1. The standard InChI is InChI=1S/C21H23N3O3/c1-15(25)22-19-11-9-16(10-12-19)21(27)24-13-5-6-17(14-24)20(26)23-18-7-3-2-4-8-18/h2-4,7-12,17H,5-6,13-14H2,1H3,(H,22,25)(H,23,26). The molecule has 2 N–H and O–H groups in total. The second-order valence-electron chi connectivity index (χ2n) is 6.70. The number of amides is 3. The highest BCUT2D eigenvalue weighted by molar-refractivity contribution is 5.97. The van der Waals surface area contributed by atoms with Gasteiger partial charge in [0.1, 0.15) is 0 Å². The van der Waals surface area contributed by atoms with E-state index in [9.17, 15) is 14.4 Å². The first-order chi connectivity index (χ1) is 13.0. The Labute approximate surface area is 158 Å². The van der Waals surface area contributed by atoms with Gasteiger partial charge in [-0.1, -0.05) is 18.2 Å². The molecule has 0 spiro atoms. The zero-order valence-corrected chi connectivity index (χ0v) is 15.3. The molecule has 0 radical (unpaired) electrons. The van der Waals surface area contributed by atoms with Crippen molar-refractivity contribution in [3.05, 3.63) is 60.2 Å². The third-order valence-electron chi connectivity index (χ3n) is 4.57. The fourth-order valence-electron chi connectivity index (χ4n) is 3.22. The summed E-state index contributed by atoms with van der Waals surface area (Å²) in [5, 5.41) is 5.60. The molecule has 1 aliphatic heterocycles. The van der Waals surface area contributed by atoms with Gasteiger partial charge in [-0.15, -0.1) is 0 Å². The van der Waals surface area contributed by atoms with Gasteiger partial charge in [0.2, 0.25) is 11.8 Å². The van der Waals surface area contributed by atoms with E-state index in [1.807, 2.05) is 30.3 Å². The second-order valence-corrected chi connectivity index (χ2v) is 6.70. The molecule has 27 heavy (non-hydrogen) atoms. The van der Waals surface area contributed by atoms with Gasteiger partial charge in [0.25, 0.3) is 5.91 Å². The van der Waals surface area contributed by atoms with Crippen LogP contribution >= 0.6 is 0 Å². The zero-order valence-electron chi connectivity index (χ0n) is 15.3. The lowest BCUT2D eigenvalue weighted by Gasteiger charge is -2.32. The number of piperidine rings is 1. The van der Waals surface area contributed by atoms with Crippen LogP contribution in [0.4, 0.5) is 11.4 Å². The number of nitrogens with one attached hydrogen (secondary N) is 2. The van der Waals surface area contributed by atoms with E-state index in [0.717, 1.165) is 18.5 Å². The molecule has 1 fully saturated rings. The first kappa shape index (κ1) is 18.6. The molecule has 1 aliphatic rings. The molecular formula is C21H23N3O3. The van der Waals surface area contributed by atoms with Crippen LogP contribution in [0.15, 0.2) is 54.6 Å². The highest BCUT2D eigenvalue weighted by atomic mass is 16.2. The first-order valence-corrected chi connectivity index (χ1v) is 9.06. The fraction of sp³-hybridized carbons (Fsp3) is 0.286. The summed E-state index contributed by atoms with van der Waals surface area (Å²) in [5.74, 6) is -0.528. The molecule has 0 aromatic heterocycles. The summed E-state index contributed by atoms with van der Waals surface area (Å²) >= 11 is 0. The zero-order chi connectivity index (χ0) is 19.2. The van der Waals surface area contributed by atoms with Gasteiger partial charge in [0.05, 0.1) is 5.92 Å². The second kappa shape index (κ2) is 8.49. The third-order valence-corrected chi connectivity index (χ3v) is 4.57. The largest absolute Gasteiger partial charge is 0.338 e.